The van der Waals surface area contributed by atoms with Gasteiger partial charge in [-0.25, -0.2) is 5.43 Å². The van der Waals surface area contributed by atoms with E-state index in [0.29, 0.717) is 6.42 Å². The smallest absolute Gasteiger partial charge is 0.240 e. The Bertz CT molecular complexity index is 478. The van der Waals surface area contributed by atoms with Crippen LogP contribution in [0.15, 0.2) is 23.3 Å². The van der Waals surface area contributed by atoms with Crippen LogP contribution in [0.1, 0.15) is 62.6 Å². The number of nitrogens with zero attached hydrogens (tertiary/aromatic N) is 1. The summed E-state index contributed by atoms with van der Waals surface area (Å²) in [6, 6.07) is 6.21. The number of carbonyl (C=O) groups excluding carboxylic acids is 1. The number of benzene rings is 1. The van der Waals surface area contributed by atoms with Gasteiger partial charge >= 0.3 is 0 Å². The van der Waals surface area contributed by atoms with Crippen molar-refractivity contribution in [2.75, 3.05) is 0 Å². The van der Waals surface area contributed by atoms with Crippen molar-refractivity contribution >= 4 is 11.6 Å². The monoisotopic (exact) mass is 274 g/mol. The molecule has 0 atom stereocenters. The molecule has 110 valence electrons. The molecule has 3 heteroatoms. The molecule has 0 saturated carbocycles. The second-order valence-corrected chi connectivity index (χ2v) is 5.34. The Hall–Kier alpha value is -1.64. The standard InChI is InChI=1S/C17H26N2O/c1-5-6-7-8-9-17(20)19-18-15(4)16-11-10-13(2)14(3)12-16/h10-12H,5-9H2,1-4H3,(H,19,20)/b18-15+. The van der Waals surface area contributed by atoms with E-state index in [1.807, 2.05) is 13.0 Å². The zero-order valence-corrected chi connectivity index (χ0v) is 13.1. The molecule has 1 N–H and O–H groups in total. The van der Waals surface area contributed by atoms with Crippen LogP contribution in [0.2, 0.25) is 0 Å². The van der Waals surface area contributed by atoms with E-state index >= 15 is 0 Å². The molecular weight excluding hydrogens is 248 g/mol. The Balaban J connectivity index is 2.48. The molecule has 1 amide bonds. The molecule has 0 unspecified atom stereocenters. The molecule has 0 radical (unpaired) electrons. The molecule has 0 saturated heterocycles. The van der Waals surface area contributed by atoms with Crippen molar-refractivity contribution in [3.63, 3.8) is 0 Å². The van der Waals surface area contributed by atoms with Crippen LogP contribution in [0.5, 0.6) is 0 Å². The molecule has 0 aliphatic rings. The maximum Gasteiger partial charge on any atom is 0.240 e. The molecule has 1 aromatic carbocycles. The fraction of sp³-hybridized carbons (Fsp3) is 0.529. The Morgan fingerprint density at radius 3 is 2.55 bits per heavy atom. The maximum absolute atomic E-state index is 11.6. The van der Waals surface area contributed by atoms with Gasteiger partial charge in [-0.15, -0.1) is 0 Å². The van der Waals surface area contributed by atoms with Crippen molar-refractivity contribution in [3.05, 3.63) is 34.9 Å². The van der Waals surface area contributed by atoms with Crippen molar-refractivity contribution in [3.8, 4) is 0 Å². The summed E-state index contributed by atoms with van der Waals surface area (Å²) in [5.74, 6) is 0.00397. The number of unbranched alkanes of at least 4 members (excludes halogenated alkanes) is 3. The summed E-state index contributed by atoms with van der Waals surface area (Å²) in [5.41, 5.74) is 7.04. The van der Waals surface area contributed by atoms with Gasteiger partial charge in [0, 0.05) is 6.42 Å². The van der Waals surface area contributed by atoms with E-state index in [-0.39, 0.29) is 5.91 Å². The molecule has 0 spiro atoms. The van der Waals surface area contributed by atoms with Crippen molar-refractivity contribution in [1.82, 2.24) is 5.43 Å². The maximum atomic E-state index is 11.6. The van der Waals surface area contributed by atoms with Gasteiger partial charge in [0.05, 0.1) is 5.71 Å². The minimum absolute atomic E-state index is 0.00397. The zero-order valence-electron chi connectivity index (χ0n) is 13.1. The summed E-state index contributed by atoms with van der Waals surface area (Å²) < 4.78 is 0. The molecule has 0 heterocycles. The number of carbonyl (C=O) groups is 1. The average molecular weight is 274 g/mol. The molecule has 1 rings (SSSR count). The number of amides is 1. The van der Waals surface area contributed by atoms with Crippen LogP contribution < -0.4 is 5.43 Å². The largest absolute Gasteiger partial charge is 0.273 e. The minimum atomic E-state index is 0.00397. The van der Waals surface area contributed by atoms with Gasteiger partial charge in [0.25, 0.3) is 0 Å². The Kier molecular flexibility index (Phi) is 6.99. The second kappa shape index (κ2) is 8.51. The van der Waals surface area contributed by atoms with Crippen molar-refractivity contribution in [2.24, 2.45) is 5.10 Å². The quantitative estimate of drug-likeness (QED) is 0.453. The summed E-state index contributed by atoms with van der Waals surface area (Å²) in [6.07, 6.45) is 5.00. The highest BCUT2D eigenvalue weighted by molar-refractivity contribution is 5.99. The van der Waals surface area contributed by atoms with Crippen LogP contribution >= 0.6 is 0 Å². The van der Waals surface area contributed by atoms with E-state index in [2.05, 4.69) is 43.4 Å². The summed E-state index contributed by atoms with van der Waals surface area (Å²) in [6.45, 7) is 8.25. The van der Waals surface area contributed by atoms with Crippen LogP contribution in [0.4, 0.5) is 0 Å². The van der Waals surface area contributed by atoms with Crippen molar-refractivity contribution in [2.45, 2.75) is 59.8 Å². The van der Waals surface area contributed by atoms with Gasteiger partial charge in [0.2, 0.25) is 5.91 Å². The predicted octanol–water partition coefficient (Wildman–Crippen LogP) is 4.11. The van der Waals surface area contributed by atoms with Crippen molar-refractivity contribution < 1.29 is 4.79 Å². The molecule has 0 aliphatic carbocycles. The summed E-state index contributed by atoms with van der Waals surface area (Å²) in [7, 11) is 0. The fourth-order valence-corrected chi connectivity index (χ4v) is 1.95. The molecule has 20 heavy (non-hydrogen) atoms. The molecular formula is C17H26N2O. The normalized spacial score (nSPS) is 11.5. The minimum Gasteiger partial charge on any atom is -0.273 e. The first-order valence-corrected chi connectivity index (χ1v) is 7.45. The van der Waals surface area contributed by atoms with E-state index in [4.69, 9.17) is 0 Å². The Morgan fingerprint density at radius 1 is 1.15 bits per heavy atom. The van der Waals surface area contributed by atoms with Crippen LogP contribution in [-0.2, 0) is 4.79 Å². The number of hydrogen-bond acceptors (Lipinski definition) is 2. The van der Waals surface area contributed by atoms with E-state index in [9.17, 15) is 4.79 Å². The zero-order chi connectivity index (χ0) is 15.0. The number of nitrogens with one attached hydrogen (secondary N) is 1. The fourth-order valence-electron chi connectivity index (χ4n) is 1.95. The number of rotatable bonds is 7. The molecule has 1 aromatic rings. The molecule has 0 aliphatic heterocycles. The topological polar surface area (TPSA) is 41.5 Å². The summed E-state index contributed by atoms with van der Waals surface area (Å²) in [5, 5.41) is 4.18. The third-order valence-electron chi connectivity index (χ3n) is 3.53. The lowest BCUT2D eigenvalue weighted by molar-refractivity contribution is -0.121. The van der Waals surface area contributed by atoms with Crippen LogP contribution in [-0.4, -0.2) is 11.6 Å². The highest BCUT2D eigenvalue weighted by Gasteiger charge is 2.02. The highest BCUT2D eigenvalue weighted by Crippen LogP contribution is 2.10. The Morgan fingerprint density at radius 2 is 1.90 bits per heavy atom. The van der Waals surface area contributed by atoms with E-state index in [0.717, 1.165) is 24.1 Å². The van der Waals surface area contributed by atoms with Crippen LogP contribution in [0.3, 0.4) is 0 Å². The van der Waals surface area contributed by atoms with Gasteiger partial charge in [-0.3, -0.25) is 4.79 Å². The number of hydrazone groups is 1. The predicted molar refractivity (Wildman–Crippen MR) is 85.0 cm³/mol. The lowest BCUT2D eigenvalue weighted by Gasteiger charge is -2.06. The molecule has 0 bridgehead atoms. The van der Waals surface area contributed by atoms with E-state index < -0.39 is 0 Å². The first kappa shape index (κ1) is 16.4. The first-order chi connectivity index (χ1) is 9.54. The van der Waals surface area contributed by atoms with E-state index in [1.54, 1.807) is 0 Å². The van der Waals surface area contributed by atoms with Gasteiger partial charge in [0.1, 0.15) is 0 Å². The highest BCUT2D eigenvalue weighted by atomic mass is 16.2. The lowest BCUT2D eigenvalue weighted by Crippen LogP contribution is -2.18. The van der Waals surface area contributed by atoms with Crippen LogP contribution in [0.25, 0.3) is 0 Å². The first-order valence-electron chi connectivity index (χ1n) is 7.45. The summed E-state index contributed by atoms with van der Waals surface area (Å²) >= 11 is 0. The molecule has 0 aromatic heterocycles. The van der Waals surface area contributed by atoms with Gasteiger partial charge in [0.15, 0.2) is 0 Å². The third kappa shape index (κ3) is 5.55. The Labute approximate surface area is 122 Å². The van der Waals surface area contributed by atoms with Gasteiger partial charge in [-0.05, 0) is 49.9 Å². The van der Waals surface area contributed by atoms with Crippen molar-refractivity contribution in [1.29, 1.82) is 0 Å². The van der Waals surface area contributed by atoms with Gasteiger partial charge in [-0.2, -0.15) is 5.10 Å². The lowest BCUT2D eigenvalue weighted by atomic mass is 10.0. The molecule has 3 nitrogen and oxygen atoms in total. The van der Waals surface area contributed by atoms with Crippen LogP contribution in [0, 0.1) is 13.8 Å². The average Bonchev–Trinajstić information content (AvgIpc) is 2.44. The molecule has 0 fully saturated rings. The van der Waals surface area contributed by atoms with Gasteiger partial charge in [-0.1, -0.05) is 38.3 Å². The van der Waals surface area contributed by atoms with Gasteiger partial charge < -0.3 is 0 Å². The number of hydrogen-bond donors (Lipinski definition) is 1. The number of aryl methyl sites for hydroxylation is 2. The third-order valence-corrected chi connectivity index (χ3v) is 3.53. The second-order valence-electron chi connectivity index (χ2n) is 5.34. The SMILES string of the molecule is CCCCCCC(=O)N/N=C(\C)c1ccc(C)c(C)c1. The van der Waals surface area contributed by atoms with E-state index in [1.165, 1.54) is 24.0 Å². The summed E-state index contributed by atoms with van der Waals surface area (Å²) in [4.78, 5) is 11.6.